The second-order valence-corrected chi connectivity index (χ2v) is 10.3. The summed E-state index contributed by atoms with van der Waals surface area (Å²) < 4.78 is 0. The van der Waals surface area contributed by atoms with Gasteiger partial charge in [0.25, 0.3) is 0 Å². The maximum atomic E-state index is 7.50. The van der Waals surface area contributed by atoms with Crippen molar-refractivity contribution < 1.29 is 0 Å². The first-order chi connectivity index (χ1) is 15.5. The normalized spacial score (nSPS) is 27.2. The average molecular weight is 424 g/mol. The smallest absolute Gasteiger partial charge is 0.0516 e. The molecular formula is C31H37N. The van der Waals surface area contributed by atoms with Crippen LogP contribution in [-0.4, -0.2) is 0 Å². The summed E-state index contributed by atoms with van der Waals surface area (Å²) in [7, 11) is 0. The van der Waals surface area contributed by atoms with Crippen molar-refractivity contribution in [3.05, 3.63) is 106 Å². The van der Waals surface area contributed by atoms with Crippen LogP contribution in [-0.2, 0) is 30.2 Å². The molecule has 0 spiro atoms. The minimum atomic E-state index is -0.286. The molecule has 0 saturated heterocycles. The molecule has 5 rings (SSSR count). The SMILES string of the molecule is CCc1ccc2c(c1)CC1(c3ccc(C(C)CC)cc3)C(Cc3ccccc3)CCC21N. The summed E-state index contributed by atoms with van der Waals surface area (Å²) in [5.74, 6) is 1.14. The Morgan fingerprint density at radius 1 is 0.938 bits per heavy atom. The molecule has 0 amide bonds. The van der Waals surface area contributed by atoms with Gasteiger partial charge in [0, 0.05) is 5.41 Å². The van der Waals surface area contributed by atoms with E-state index in [9.17, 15) is 0 Å². The Balaban J connectivity index is 1.63. The van der Waals surface area contributed by atoms with Gasteiger partial charge in [0.2, 0.25) is 0 Å². The molecule has 32 heavy (non-hydrogen) atoms. The van der Waals surface area contributed by atoms with Crippen molar-refractivity contribution in [1.29, 1.82) is 0 Å². The third-order valence-corrected chi connectivity index (χ3v) is 8.84. The van der Waals surface area contributed by atoms with Crippen LogP contribution in [0.2, 0.25) is 0 Å². The van der Waals surface area contributed by atoms with E-state index in [2.05, 4.69) is 93.6 Å². The van der Waals surface area contributed by atoms with Gasteiger partial charge in [-0.25, -0.2) is 0 Å². The van der Waals surface area contributed by atoms with E-state index in [1.165, 1.54) is 46.2 Å². The van der Waals surface area contributed by atoms with Gasteiger partial charge in [0.05, 0.1) is 5.54 Å². The zero-order chi connectivity index (χ0) is 22.3. The second-order valence-electron chi connectivity index (χ2n) is 10.3. The van der Waals surface area contributed by atoms with Crippen molar-refractivity contribution >= 4 is 0 Å². The highest BCUT2D eigenvalue weighted by Gasteiger charge is 2.63. The van der Waals surface area contributed by atoms with E-state index in [1.54, 1.807) is 0 Å². The van der Waals surface area contributed by atoms with E-state index in [-0.39, 0.29) is 11.0 Å². The monoisotopic (exact) mass is 423 g/mol. The average Bonchev–Trinajstić information content (AvgIpc) is 3.26. The van der Waals surface area contributed by atoms with Crippen LogP contribution in [0.5, 0.6) is 0 Å². The number of benzene rings is 3. The zero-order valence-corrected chi connectivity index (χ0v) is 19.9. The van der Waals surface area contributed by atoms with Crippen LogP contribution in [0.3, 0.4) is 0 Å². The van der Waals surface area contributed by atoms with E-state index in [1.807, 2.05) is 0 Å². The molecule has 0 heterocycles. The summed E-state index contributed by atoms with van der Waals surface area (Å²) in [6.45, 7) is 6.84. The fourth-order valence-corrected chi connectivity index (χ4v) is 6.78. The molecule has 4 unspecified atom stereocenters. The van der Waals surface area contributed by atoms with Gasteiger partial charge in [0.1, 0.15) is 0 Å². The molecule has 0 bridgehead atoms. The standard InChI is InChI=1S/C31H37N/c1-4-22(3)25-12-14-27(15-13-25)30-21-26-19-23(5-2)11-16-29(26)31(30,32)18-17-28(30)20-24-9-7-6-8-10-24/h6-16,19,22,28H,4-5,17-18,20-21,32H2,1-3H3. The van der Waals surface area contributed by atoms with Gasteiger partial charge < -0.3 is 5.73 Å². The number of nitrogens with two attached hydrogens (primary N) is 1. The minimum Gasteiger partial charge on any atom is -0.321 e. The van der Waals surface area contributed by atoms with Crippen molar-refractivity contribution in [3.63, 3.8) is 0 Å². The molecule has 2 N–H and O–H groups in total. The van der Waals surface area contributed by atoms with Gasteiger partial charge in [-0.05, 0) is 83.7 Å². The molecule has 1 nitrogen and oxygen atoms in total. The van der Waals surface area contributed by atoms with Gasteiger partial charge >= 0.3 is 0 Å². The lowest BCUT2D eigenvalue weighted by molar-refractivity contribution is 0.224. The number of hydrogen-bond donors (Lipinski definition) is 1. The number of hydrogen-bond acceptors (Lipinski definition) is 1. The molecule has 0 radical (unpaired) electrons. The Labute approximate surface area is 194 Å². The van der Waals surface area contributed by atoms with Crippen molar-refractivity contribution in [2.45, 2.75) is 76.2 Å². The van der Waals surface area contributed by atoms with Gasteiger partial charge in [-0.3, -0.25) is 0 Å². The van der Waals surface area contributed by atoms with E-state index < -0.39 is 0 Å². The van der Waals surface area contributed by atoms with Crippen molar-refractivity contribution in [3.8, 4) is 0 Å². The maximum Gasteiger partial charge on any atom is 0.0516 e. The van der Waals surface area contributed by atoms with E-state index in [0.29, 0.717) is 11.8 Å². The zero-order valence-electron chi connectivity index (χ0n) is 19.9. The van der Waals surface area contributed by atoms with Crippen molar-refractivity contribution in [1.82, 2.24) is 0 Å². The summed E-state index contributed by atoms with van der Waals surface area (Å²) >= 11 is 0. The van der Waals surface area contributed by atoms with Crippen LogP contribution in [0.15, 0.2) is 72.8 Å². The molecular weight excluding hydrogens is 386 g/mol. The fourth-order valence-electron chi connectivity index (χ4n) is 6.78. The van der Waals surface area contributed by atoms with Crippen LogP contribution in [0.4, 0.5) is 0 Å². The molecule has 166 valence electrons. The molecule has 2 aliphatic carbocycles. The van der Waals surface area contributed by atoms with E-state index in [0.717, 1.165) is 25.7 Å². The van der Waals surface area contributed by atoms with Crippen molar-refractivity contribution in [2.24, 2.45) is 11.7 Å². The van der Waals surface area contributed by atoms with Crippen LogP contribution >= 0.6 is 0 Å². The molecule has 1 fully saturated rings. The van der Waals surface area contributed by atoms with Crippen LogP contribution in [0.1, 0.15) is 79.3 Å². The third kappa shape index (κ3) is 3.17. The number of rotatable bonds is 6. The Morgan fingerprint density at radius 2 is 1.69 bits per heavy atom. The Kier molecular flexibility index (Phi) is 5.50. The summed E-state index contributed by atoms with van der Waals surface area (Å²) in [5.41, 5.74) is 15.8. The summed E-state index contributed by atoms with van der Waals surface area (Å²) in [6.07, 6.45) is 6.67. The van der Waals surface area contributed by atoms with Crippen molar-refractivity contribution in [2.75, 3.05) is 0 Å². The highest BCUT2D eigenvalue weighted by atomic mass is 14.9. The largest absolute Gasteiger partial charge is 0.321 e. The second kappa shape index (κ2) is 8.19. The molecule has 0 aromatic heterocycles. The Hall–Kier alpha value is -2.38. The number of aryl methyl sites for hydroxylation is 1. The van der Waals surface area contributed by atoms with Gasteiger partial charge in [-0.2, -0.15) is 0 Å². The molecule has 1 saturated carbocycles. The minimum absolute atomic E-state index is 0.0362. The Morgan fingerprint density at radius 3 is 2.38 bits per heavy atom. The molecule has 2 aliphatic rings. The highest BCUT2D eigenvalue weighted by Crippen LogP contribution is 2.63. The Bertz CT molecular complexity index is 1080. The fraction of sp³-hybridized carbons (Fsp3) is 0.419. The summed E-state index contributed by atoms with van der Waals surface area (Å²) in [4.78, 5) is 0. The van der Waals surface area contributed by atoms with Gasteiger partial charge in [-0.1, -0.05) is 93.6 Å². The highest BCUT2D eigenvalue weighted by molar-refractivity contribution is 5.54. The van der Waals surface area contributed by atoms with Gasteiger partial charge in [-0.15, -0.1) is 0 Å². The molecule has 1 heteroatoms. The topological polar surface area (TPSA) is 26.0 Å². The lowest BCUT2D eigenvalue weighted by Gasteiger charge is -2.43. The first-order valence-corrected chi connectivity index (χ1v) is 12.6. The number of fused-ring (bicyclic) bond motifs is 3. The van der Waals surface area contributed by atoms with Crippen LogP contribution in [0, 0.1) is 5.92 Å². The molecule has 3 aromatic carbocycles. The quantitative estimate of drug-likeness (QED) is 0.451. The molecule has 0 aliphatic heterocycles. The first-order valence-electron chi connectivity index (χ1n) is 12.6. The summed E-state index contributed by atoms with van der Waals surface area (Å²) in [6, 6.07) is 27.7. The first kappa shape index (κ1) is 21.5. The molecule has 3 aromatic rings. The van der Waals surface area contributed by atoms with Gasteiger partial charge in [0.15, 0.2) is 0 Å². The van der Waals surface area contributed by atoms with Crippen LogP contribution in [0.25, 0.3) is 0 Å². The lowest BCUT2D eigenvalue weighted by Crippen LogP contribution is -2.52. The molecule has 4 atom stereocenters. The van der Waals surface area contributed by atoms with E-state index in [4.69, 9.17) is 5.73 Å². The lowest BCUT2D eigenvalue weighted by atomic mass is 9.62. The maximum absolute atomic E-state index is 7.50. The van der Waals surface area contributed by atoms with E-state index >= 15 is 0 Å². The van der Waals surface area contributed by atoms with Crippen LogP contribution < -0.4 is 5.73 Å². The predicted molar refractivity (Wildman–Crippen MR) is 135 cm³/mol. The third-order valence-electron chi connectivity index (χ3n) is 8.84. The summed E-state index contributed by atoms with van der Waals surface area (Å²) in [5, 5.41) is 0. The predicted octanol–water partition coefficient (Wildman–Crippen LogP) is 7.06.